The molecule has 0 spiro atoms. The van der Waals surface area contributed by atoms with Crippen molar-refractivity contribution in [3.63, 3.8) is 0 Å². The summed E-state index contributed by atoms with van der Waals surface area (Å²) in [5, 5.41) is 0. The topological polar surface area (TPSA) is 29.5 Å². The normalized spacial score (nSPS) is 10.5. The predicted octanol–water partition coefficient (Wildman–Crippen LogP) is 4.47. The van der Waals surface area contributed by atoms with E-state index in [9.17, 15) is 9.18 Å². The van der Waals surface area contributed by atoms with Crippen molar-refractivity contribution in [2.75, 3.05) is 14.2 Å². The largest absolute Gasteiger partial charge is 0.494 e. The van der Waals surface area contributed by atoms with E-state index in [1.54, 1.807) is 13.1 Å². The summed E-state index contributed by atoms with van der Waals surface area (Å²) < 4.78 is 19.3. The molecule has 0 aliphatic carbocycles. The maximum absolute atomic E-state index is 13.6. The van der Waals surface area contributed by atoms with Crippen molar-refractivity contribution in [3.8, 4) is 5.75 Å². The minimum absolute atomic E-state index is 0.167. The van der Waals surface area contributed by atoms with Gasteiger partial charge in [0.05, 0.1) is 17.0 Å². The zero-order chi connectivity index (χ0) is 15.6. The minimum Gasteiger partial charge on any atom is -0.494 e. The molecule has 0 unspecified atom stereocenters. The third-order valence-corrected chi connectivity index (χ3v) is 4.36. The number of carbonyl (C=O) groups excluding carboxylic acids is 1. The highest BCUT2D eigenvalue weighted by molar-refractivity contribution is 7.20. The lowest BCUT2D eigenvalue weighted by Crippen LogP contribution is -2.26. The standard InChI is InChI=1S/C14H12Cl2FNO2S/c1-18(14(19)9-6-12(15)21-13(9)16)7-8-3-4-11(20-2)10(17)5-8/h3-6H,7H2,1-2H3. The lowest BCUT2D eigenvalue weighted by molar-refractivity contribution is 0.0785. The molecule has 1 amide bonds. The number of hydrogen-bond donors (Lipinski definition) is 0. The first-order valence-electron chi connectivity index (χ1n) is 5.95. The van der Waals surface area contributed by atoms with Gasteiger partial charge in [-0.1, -0.05) is 29.3 Å². The number of methoxy groups -OCH3 is 1. The molecular weight excluding hydrogens is 336 g/mol. The first-order chi connectivity index (χ1) is 9.92. The van der Waals surface area contributed by atoms with Crippen molar-refractivity contribution >= 4 is 40.4 Å². The molecule has 0 bridgehead atoms. The number of rotatable bonds is 4. The van der Waals surface area contributed by atoms with E-state index < -0.39 is 5.82 Å². The van der Waals surface area contributed by atoms with Crippen LogP contribution in [0.2, 0.25) is 8.67 Å². The van der Waals surface area contributed by atoms with E-state index in [-0.39, 0.29) is 18.2 Å². The third-order valence-electron chi connectivity index (χ3n) is 2.87. The maximum atomic E-state index is 13.6. The number of ether oxygens (including phenoxy) is 1. The highest BCUT2D eigenvalue weighted by Crippen LogP contribution is 2.32. The summed E-state index contributed by atoms with van der Waals surface area (Å²) >= 11 is 12.9. The van der Waals surface area contributed by atoms with Crippen molar-refractivity contribution in [1.82, 2.24) is 4.90 Å². The van der Waals surface area contributed by atoms with E-state index in [1.165, 1.54) is 30.2 Å². The smallest absolute Gasteiger partial charge is 0.256 e. The Balaban J connectivity index is 2.14. The van der Waals surface area contributed by atoms with Crippen LogP contribution in [-0.4, -0.2) is 25.0 Å². The van der Waals surface area contributed by atoms with Crippen LogP contribution in [0.25, 0.3) is 0 Å². The molecular formula is C14H12Cl2FNO2S. The van der Waals surface area contributed by atoms with E-state index in [2.05, 4.69) is 0 Å². The lowest BCUT2D eigenvalue weighted by atomic mass is 10.2. The summed E-state index contributed by atoms with van der Waals surface area (Å²) in [5.74, 6) is -0.563. The summed E-state index contributed by atoms with van der Waals surface area (Å²) in [6.45, 7) is 0.254. The predicted molar refractivity (Wildman–Crippen MR) is 83.1 cm³/mol. The van der Waals surface area contributed by atoms with Gasteiger partial charge in [0.15, 0.2) is 11.6 Å². The summed E-state index contributed by atoms with van der Waals surface area (Å²) in [7, 11) is 3.02. The zero-order valence-electron chi connectivity index (χ0n) is 11.3. The molecule has 0 aliphatic heterocycles. The third kappa shape index (κ3) is 3.67. The fraction of sp³-hybridized carbons (Fsp3) is 0.214. The average Bonchev–Trinajstić information content (AvgIpc) is 2.77. The molecule has 2 rings (SSSR count). The molecule has 1 aromatic heterocycles. The number of nitrogens with zero attached hydrogens (tertiary/aromatic N) is 1. The van der Waals surface area contributed by atoms with Gasteiger partial charge in [-0.25, -0.2) is 4.39 Å². The first-order valence-corrected chi connectivity index (χ1v) is 7.52. The molecule has 112 valence electrons. The minimum atomic E-state index is -0.465. The Kier molecular flexibility index (Phi) is 5.08. The van der Waals surface area contributed by atoms with Gasteiger partial charge < -0.3 is 9.64 Å². The Bertz CT molecular complexity index is 675. The Morgan fingerprint density at radius 3 is 2.62 bits per heavy atom. The van der Waals surface area contributed by atoms with Crippen molar-refractivity contribution < 1.29 is 13.9 Å². The average molecular weight is 348 g/mol. The molecule has 0 radical (unpaired) electrons. The second kappa shape index (κ2) is 6.64. The summed E-state index contributed by atoms with van der Waals surface area (Å²) in [5.41, 5.74) is 1.00. The number of hydrogen-bond acceptors (Lipinski definition) is 3. The van der Waals surface area contributed by atoms with Gasteiger partial charge in [-0.2, -0.15) is 0 Å². The molecule has 3 nitrogen and oxygen atoms in total. The molecule has 1 heterocycles. The van der Waals surface area contributed by atoms with E-state index in [1.807, 2.05) is 0 Å². The molecule has 1 aromatic carbocycles. The Labute approximate surface area is 135 Å². The maximum Gasteiger partial charge on any atom is 0.256 e. The molecule has 0 fully saturated rings. The zero-order valence-corrected chi connectivity index (χ0v) is 13.7. The van der Waals surface area contributed by atoms with Gasteiger partial charge in [0.25, 0.3) is 5.91 Å². The van der Waals surface area contributed by atoms with Crippen molar-refractivity contribution in [1.29, 1.82) is 0 Å². The van der Waals surface area contributed by atoms with Crippen LogP contribution in [0.4, 0.5) is 4.39 Å². The van der Waals surface area contributed by atoms with Gasteiger partial charge in [0.2, 0.25) is 0 Å². The molecule has 0 aliphatic rings. The van der Waals surface area contributed by atoms with Crippen molar-refractivity contribution in [3.05, 3.63) is 49.9 Å². The van der Waals surface area contributed by atoms with Crippen molar-refractivity contribution in [2.24, 2.45) is 0 Å². The van der Waals surface area contributed by atoms with E-state index in [0.717, 1.165) is 11.3 Å². The molecule has 2 aromatic rings. The van der Waals surface area contributed by atoms with Crippen LogP contribution in [-0.2, 0) is 6.54 Å². The number of benzene rings is 1. The summed E-state index contributed by atoms with van der Waals surface area (Å²) in [4.78, 5) is 13.7. The van der Waals surface area contributed by atoms with Crippen LogP contribution in [0.5, 0.6) is 5.75 Å². The Morgan fingerprint density at radius 1 is 1.38 bits per heavy atom. The lowest BCUT2D eigenvalue weighted by Gasteiger charge is -2.17. The van der Waals surface area contributed by atoms with Gasteiger partial charge in [0, 0.05) is 13.6 Å². The van der Waals surface area contributed by atoms with Crippen LogP contribution >= 0.6 is 34.5 Å². The molecule has 0 N–H and O–H groups in total. The number of halogens is 3. The number of amides is 1. The van der Waals surface area contributed by atoms with Gasteiger partial charge >= 0.3 is 0 Å². The van der Waals surface area contributed by atoms with Crippen LogP contribution in [0.1, 0.15) is 15.9 Å². The van der Waals surface area contributed by atoms with Crippen LogP contribution < -0.4 is 4.74 Å². The number of thiophene rings is 1. The monoisotopic (exact) mass is 347 g/mol. The van der Waals surface area contributed by atoms with E-state index in [0.29, 0.717) is 19.8 Å². The molecule has 0 saturated carbocycles. The van der Waals surface area contributed by atoms with Crippen LogP contribution in [0.3, 0.4) is 0 Å². The first kappa shape index (κ1) is 16.1. The Morgan fingerprint density at radius 2 is 2.10 bits per heavy atom. The quantitative estimate of drug-likeness (QED) is 0.816. The van der Waals surface area contributed by atoms with Crippen LogP contribution in [0.15, 0.2) is 24.3 Å². The van der Waals surface area contributed by atoms with Gasteiger partial charge in [-0.3, -0.25) is 4.79 Å². The fourth-order valence-corrected chi connectivity index (χ4v) is 3.29. The van der Waals surface area contributed by atoms with Crippen LogP contribution in [0, 0.1) is 5.82 Å². The Hall–Kier alpha value is -1.30. The summed E-state index contributed by atoms with van der Waals surface area (Å²) in [6, 6.07) is 6.10. The molecule has 7 heteroatoms. The fourth-order valence-electron chi connectivity index (χ4n) is 1.85. The SMILES string of the molecule is COc1ccc(CN(C)C(=O)c2cc(Cl)sc2Cl)cc1F. The van der Waals surface area contributed by atoms with Gasteiger partial charge in [0.1, 0.15) is 4.34 Å². The number of carbonyl (C=O) groups is 1. The second-order valence-electron chi connectivity index (χ2n) is 4.37. The second-order valence-corrected chi connectivity index (χ2v) is 6.65. The van der Waals surface area contributed by atoms with E-state index >= 15 is 0 Å². The van der Waals surface area contributed by atoms with Crippen molar-refractivity contribution in [2.45, 2.75) is 6.54 Å². The summed E-state index contributed by atoms with van der Waals surface area (Å²) in [6.07, 6.45) is 0. The molecule has 21 heavy (non-hydrogen) atoms. The molecule has 0 atom stereocenters. The highest BCUT2D eigenvalue weighted by Gasteiger charge is 2.18. The molecule has 0 saturated heterocycles. The highest BCUT2D eigenvalue weighted by atomic mass is 35.5. The van der Waals surface area contributed by atoms with Gasteiger partial charge in [-0.15, -0.1) is 11.3 Å². The van der Waals surface area contributed by atoms with E-state index in [4.69, 9.17) is 27.9 Å². The van der Waals surface area contributed by atoms with Gasteiger partial charge in [-0.05, 0) is 23.8 Å².